The smallest absolute Gasteiger partial charge is 0.349 e. The highest BCUT2D eigenvalue weighted by Gasteiger charge is 2.21. The Morgan fingerprint density at radius 3 is 2.58 bits per heavy atom. The van der Waals surface area contributed by atoms with Crippen molar-refractivity contribution < 1.29 is 19.2 Å². The Kier molecular flexibility index (Phi) is 5.43. The summed E-state index contributed by atoms with van der Waals surface area (Å²) in [6.45, 7) is 0.645. The molecule has 1 aliphatic heterocycles. The molecule has 2 aromatic rings. The number of nitro groups is 1. The van der Waals surface area contributed by atoms with Gasteiger partial charge in [0, 0.05) is 19.2 Å². The summed E-state index contributed by atoms with van der Waals surface area (Å²) in [5.74, 6) is -1.01. The Labute approximate surface area is 153 Å². The zero-order chi connectivity index (χ0) is 18.5. The van der Waals surface area contributed by atoms with Crippen molar-refractivity contribution in [3.63, 3.8) is 0 Å². The summed E-state index contributed by atoms with van der Waals surface area (Å²) < 4.78 is 4.98. The molecule has 3 rings (SSSR count). The van der Waals surface area contributed by atoms with Gasteiger partial charge in [0.2, 0.25) is 0 Å². The van der Waals surface area contributed by atoms with E-state index in [1.54, 1.807) is 4.90 Å². The van der Waals surface area contributed by atoms with Gasteiger partial charge in [-0.1, -0.05) is 47.7 Å². The number of thiophene rings is 1. The maximum Gasteiger partial charge on any atom is 0.349 e. The number of hydrogen-bond donors (Lipinski definition) is 0. The third-order valence-corrected chi connectivity index (χ3v) is 5.02. The molecule has 0 atom stereocenters. The average Bonchev–Trinajstić information content (AvgIpc) is 3.17. The number of benzene rings is 1. The van der Waals surface area contributed by atoms with Crippen molar-refractivity contribution in [3.8, 4) is 0 Å². The van der Waals surface area contributed by atoms with Gasteiger partial charge in [-0.2, -0.15) is 0 Å². The molecule has 0 fully saturated rings. The molecule has 134 valence electrons. The van der Waals surface area contributed by atoms with E-state index in [9.17, 15) is 19.7 Å². The molecular weight excluding hydrogens is 356 g/mol. The predicted molar refractivity (Wildman–Crippen MR) is 96.9 cm³/mol. The highest BCUT2D eigenvalue weighted by Crippen LogP contribution is 2.25. The van der Waals surface area contributed by atoms with Gasteiger partial charge >= 0.3 is 11.0 Å². The van der Waals surface area contributed by atoms with Crippen LogP contribution >= 0.6 is 11.3 Å². The summed E-state index contributed by atoms with van der Waals surface area (Å²) in [7, 11) is 0. The van der Waals surface area contributed by atoms with E-state index in [0.29, 0.717) is 13.1 Å². The van der Waals surface area contributed by atoms with Crippen LogP contribution in [0.4, 0.5) is 5.00 Å². The fourth-order valence-corrected chi connectivity index (χ4v) is 3.35. The quantitative estimate of drug-likeness (QED) is 0.457. The van der Waals surface area contributed by atoms with E-state index in [4.69, 9.17) is 4.74 Å². The molecule has 0 N–H and O–H groups in total. The molecule has 2 heterocycles. The Morgan fingerprint density at radius 1 is 1.19 bits per heavy atom. The van der Waals surface area contributed by atoms with Crippen LogP contribution in [0.1, 0.15) is 21.7 Å². The van der Waals surface area contributed by atoms with Gasteiger partial charge in [-0.3, -0.25) is 14.9 Å². The number of esters is 1. The monoisotopic (exact) mass is 372 g/mol. The maximum absolute atomic E-state index is 12.2. The van der Waals surface area contributed by atoms with Crippen molar-refractivity contribution in [2.45, 2.75) is 6.42 Å². The number of carbonyl (C=O) groups is 2. The molecule has 8 heteroatoms. The van der Waals surface area contributed by atoms with Crippen LogP contribution in [0.5, 0.6) is 0 Å². The molecule has 1 aliphatic rings. The largest absolute Gasteiger partial charge is 0.451 e. The van der Waals surface area contributed by atoms with Gasteiger partial charge in [0.25, 0.3) is 5.91 Å². The van der Waals surface area contributed by atoms with Crippen molar-refractivity contribution >= 4 is 33.8 Å². The minimum atomic E-state index is -0.728. The Hall–Kier alpha value is -3.00. The number of amides is 1. The molecule has 0 radical (unpaired) electrons. The molecule has 26 heavy (non-hydrogen) atoms. The van der Waals surface area contributed by atoms with Gasteiger partial charge in [0.1, 0.15) is 4.88 Å². The number of carbonyl (C=O) groups excluding carboxylic acids is 2. The number of ether oxygens (including phenoxy) is 1. The van der Waals surface area contributed by atoms with Crippen LogP contribution in [-0.2, 0) is 9.53 Å². The Morgan fingerprint density at radius 2 is 1.96 bits per heavy atom. The van der Waals surface area contributed by atoms with Gasteiger partial charge in [0.15, 0.2) is 6.61 Å². The summed E-state index contributed by atoms with van der Waals surface area (Å²) >= 11 is 0.726. The van der Waals surface area contributed by atoms with Crippen LogP contribution in [0, 0.1) is 10.1 Å². The molecule has 1 aromatic carbocycles. The molecule has 0 unspecified atom stereocenters. The Bertz CT molecular complexity index is 859. The van der Waals surface area contributed by atoms with E-state index in [1.807, 2.05) is 36.4 Å². The standard InChI is InChI=1S/C18H16N2O5S/c21-16(12-25-18(22)15-6-7-17(26-15)20(23)24)19-10-8-14(9-11-19)13-4-2-1-3-5-13/h1-8H,9-12H2. The van der Waals surface area contributed by atoms with Crippen molar-refractivity contribution in [2.24, 2.45) is 0 Å². The summed E-state index contributed by atoms with van der Waals surface area (Å²) in [6.07, 6.45) is 2.74. The lowest BCUT2D eigenvalue weighted by atomic mass is 10.00. The fourth-order valence-electron chi connectivity index (χ4n) is 2.64. The fraction of sp³-hybridized carbons (Fsp3) is 0.222. The second-order valence-corrected chi connectivity index (χ2v) is 6.72. The van der Waals surface area contributed by atoms with E-state index in [1.165, 1.54) is 17.7 Å². The predicted octanol–water partition coefficient (Wildman–Crippen LogP) is 3.13. The molecular formula is C18H16N2O5S. The normalized spacial score (nSPS) is 13.8. The first kappa shape index (κ1) is 17.8. The van der Waals surface area contributed by atoms with Crippen LogP contribution < -0.4 is 0 Å². The lowest BCUT2D eigenvalue weighted by molar-refractivity contribution is -0.380. The van der Waals surface area contributed by atoms with Gasteiger partial charge in [-0.25, -0.2) is 4.79 Å². The van der Waals surface area contributed by atoms with E-state index in [0.717, 1.165) is 23.3 Å². The zero-order valence-corrected chi connectivity index (χ0v) is 14.6. The molecule has 1 aromatic heterocycles. The van der Waals surface area contributed by atoms with E-state index < -0.39 is 10.9 Å². The highest BCUT2D eigenvalue weighted by atomic mass is 32.1. The average molecular weight is 372 g/mol. The number of hydrogen-bond acceptors (Lipinski definition) is 6. The lowest BCUT2D eigenvalue weighted by Gasteiger charge is -2.26. The number of nitrogens with zero attached hydrogens (tertiary/aromatic N) is 2. The van der Waals surface area contributed by atoms with Gasteiger partial charge in [-0.15, -0.1) is 0 Å². The SMILES string of the molecule is O=C(OCC(=O)N1CC=C(c2ccccc2)CC1)c1ccc([N+](=O)[O-])s1. The van der Waals surface area contributed by atoms with Crippen molar-refractivity contribution in [1.82, 2.24) is 4.90 Å². The van der Waals surface area contributed by atoms with Crippen LogP contribution in [0.2, 0.25) is 0 Å². The summed E-state index contributed by atoms with van der Waals surface area (Å²) in [6, 6.07) is 12.5. The van der Waals surface area contributed by atoms with E-state index in [2.05, 4.69) is 0 Å². The van der Waals surface area contributed by atoms with Crippen molar-refractivity contribution in [2.75, 3.05) is 19.7 Å². The Balaban J connectivity index is 1.52. The summed E-state index contributed by atoms with van der Waals surface area (Å²) in [5.41, 5.74) is 2.34. The first-order valence-electron chi connectivity index (χ1n) is 7.98. The van der Waals surface area contributed by atoms with Gasteiger partial charge < -0.3 is 9.64 Å². The third-order valence-electron chi connectivity index (χ3n) is 4.01. The van der Waals surface area contributed by atoms with Crippen LogP contribution in [0.15, 0.2) is 48.5 Å². The zero-order valence-electron chi connectivity index (χ0n) is 13.8. The van der Waals surface area contributed by atoms with Crippen LogP contribution in [-0.4, -0.2) is 41.4 Å². The van der Waals surface area contributed by atoms with E-state index in [-0.39, 0.29) is 22.4 Å². The summed E-state index contributed by atoms with van der Waals surface area (Å²) in [4.78, 5) is 35.9. The first-order chi connectivity index (χ1) is 12.5. The van der Waals surface area contributed by atoms with Crippen LogP contribution in [0.3, 0.4) is 0 Å². The minimum Gasteiger partial charge on any atom is -0.451 e. The van der Waals surface area contributed by atoms with E-state index >= 15 is 0 Å². The molecule has 0 saturated carbocycles. The van der Waals surface area contributed by atoms with Crippen LogP contribution in [0.25, 0.3) is 5.57 Å². The molecule has 1 amide bonds. The molecule has 0 bridgehead atoms. The third kappa shape index (κ3) is 4.15. The summed E-state index contributed by atoms with van der Waals surface area (Å²) in [5, 5.41) is 10.5. The number of rotatable bonds is 5. The maximum atomic E-state index is 12.2. The van der Waals surface area contributed by atoms with Gasteiger partial charge in [0.05, 0.1) is 4.92 Å². The lowest BCUT2D eigenvalue weighted by Crippen LogP contribution is -2.37. The molecule has 0 aliphatic carbocycles. The second kappa shape index (κ2) is 7.92. The van der Waals surface area contributed by atoms with Gasteiger partial charge in [-0.05, 0) is 23.6 Å². The molecule has 7 nitrogen and oxygen atoms in total. The molecule has 0 saturated heterocycles. The van der Waals surface area contributed by atoms with Crippen molar-refractivity contribution in [3.05, 3.63) is 69.1 Å². The second-order valence-electron chi connectivity index (χ2n) is 5.66. The first-order valence-corrected chi connectivity index (χ1v) is 8.80. The topological polar surface area (TPSA) is 89.8 Å². The molecule has 0 spiro atoms. The minimum absolute atomic E-state index is 0.106. The van der Waals surface area contributed by atoms with Crippen molar-refractivity contribution in [1.29, 1.82) is 0 Å². The highest BCUT2D eigenvalue weighted by molar-refractivity contribution is 7.17.